The Bertz CT molecular complexity index is 213. The molecule has 1 nitrogen and oxygen atoms in total. The molecular weight excluding hydrogens is 186 g/mol. The lowest BCUT2D eigenvalue weighted by Crippen LogP contribution is -2.07. The second kappa shape index (κ2) is 5.38. The van der Waals surface area contributed by atoms with E-state index in [1.54, 1.807) is 11.9 Å². The molecule has 1 aromatic carbocycles. The lowest BCUT2D eigenvalue weighted by molar-refractivity contribution is 1.35. The van der Waals surface area contributed by atoms with Crippen LogP contribution >= 0.6 is 24.6 Å². The van der Waals surface area contributed by atoms with Crippen molar-refractivity contribution in [3.05, 3.63) is 30.3 Å². The van der Waals surface area contributed by atoms with E-state index in [9.17, 15) is 0 Å². The predicted molar refractivity (Wildman–Crippen MR) is 61.2 cm³/mol. The minimum atomic E-state index is 0.918. The molecule has 66 valence electrons. The van der Waals surface area contributed by atoms with E-state index < -0.39 is 0 Å². The van der Waals surface area contributed by atoms with Gasteiger partial charge in [-0.05, 0) is 24.1 Å². The average Bonchev–Trinajstić information content (AvgIpc) is 2.15. The van der Waals surface area contributed by atoms with Gasteiger partial charge in [-0.3, -0.25) is 0 Å². The smallest absolute Gasteiger partial charge is 0.0466 e. The summed E-state index contributed by atoms with van der Waals surface area (Å²) >= 11 is 5.95. The molecule has 0 fully saturated rings. The van der Waals surface area contributed by atoms with E-state index in [4.69, 9.17) is 0 Å². The number of nitrogens with zero attached hydrogens (tertiary/aromatic N) is 1. The summed E-state index contributed by atoms with van der Waals surface area (Å²) in [6.45, 7) is 0. The van der Waals surface area contributed by atoms with Crippen LogP contribution < -0.4 is 4.31 Å². The molecule has 0 saturated carbocycles. The summed E-state index contributed by atoms with van der Waals surface area (Å²) in [7, 11) is 2.07. The van der Waals surface area contributed by atoms with Crippen LogP contribution in [0.4, 0.5) is 5.69 Å². The summed E-state index contributed by atoms with van der Waals surface area (Å²) in [6.07, 6.45) is 0. The van der Waals surface area contributed by atoms with E-state index in [1.165, 1.54) is 5.69 Å². The van der Waals surface area contributed by atoms with Crippen molar-refractivity contribution in [2.75, 3.05) is 22.9 Å². The van der Waals surface area contributed by atoms with Crippen LogP contribution in [-0.2, 0) is 0 Å². The number of rotatable bonds is 4. The highest BCUT2D eigenvalue weighted by molar-refractivity contribution is 8.01. The molecule has 0 bridgehead atoms. The van der Waals surface area contributed by atoms with E-state index >= 15 is 0 Å². The van der Waals surface area contributed by atoms with E-state index in [1.807, 2.05) is 18.2 Å². The first-order chi connectivity index (χ1) is 5.84. The Morgan fingerprint density at radius 3 is 2.58 bits per heavy atom. The summed E-state index contributed by atoms with van der Waals surface area (Å²) in [5, 5.41) is 0. The largest absolute Gasteiger partial charge is 0.319 e. The number of benzene rings is 1. The highest BCUT2D eigenvalue weighted by atomic mass is 32.2. The maximum Gasteiger partial charge on any atom is 0.0466 e. The molecule has 12 heavy (non-hydrogen) atoms. The van der Waals surface area contributed by atoms with Crippen molar-refractivity contribution in [3.8, 4) is 0 Å². The fourth-order valence-electron chi connectivity index (χ4n) is 0.890. The molecule has 3 heteroatoms. The van der Waals surface area contributed by atoms with Crippen molar-refractivity contribution < 1.29 is 0 Å². The van der Waals surface area contributed by atoms with Gasteiger partial charge in [0.2, 0.25) is 0 Å². The van der Waals surface area contributed by atoms with Gasteiger partial charge in [-0.15, -0.1) is 0 Å². The van der Waals surface area contributed by atoms with Crippen LogP contribution in [0, 0.1) is 0 Å². The predicted octanol–water partition coefficient (Wildman–Crippen LogP) is 2.70. The maximum atomic E-state index is 4.16. The Balaban J connectivity index is 2.48. The Morgan fingerprint density at radius 2 is 2.00 bits per heavy atom. The van der Waals surface area contributed by atoms with Crippen LogP contribution in [0.15, 0.2) is 30.3 Å². The monoisotopic (exact) mass is 199 g/mol. The van der Waals surface area contributed by atoms with Gasteiger partial charge in [0.1, 0.15) is 0 Å². The third-order valence-corrected chi connectivity index (χ3v) is 3.01. The molecule has 0 aliphatic rings. The minimum absolute atomic E-state index is 0.918. The Hall–Kier alpha value is -0.280. The summed E-state index contributed by atoms with van der Waals surface area (Å²) in [6, 6.07) is 10.3. The molecule has 0 spiro atoms. The first kappa shape index (κ1) is 9.81. The fraction of sp³-hybridized carbons (Fsp3) is 0.333. The minimum Gasteiger partial charge on any atom is -0.319 e. The number of hydrogen-bond donors (Lipinski definition) is 1. The maximum absolute atomic E-state index is 4.16. The van der Waals surface area contributed by atoms with Crippen LogP contribution in [0.3, 0.4) is 0 Å². The number of hydrogen-bond acceptors (Lipinski definition) is 3. The molecule has 0 aliphatic carbocycles. The summed E-state index contributed by atoms with van der Waals surface area (Å²) in [4.78, 5) is 0. The molecule has 0 radical (unpaired) electrons. The molecule has 0 N–H and O–H groups in total. The van der Waals surface area contributed by atoms with Gasteiger partial charge in [0.15, 0.2) is 0 Å². The first-order valence-corrected chi connectivity index (χ1v) is 5.44. The van der Waals surface area contributed by atoms with E-state index in [-0.39, 0.29) is 0 Å². The normalized spacial score (nSPS) is 9.83. The Labute approximate surface area is 83.7 Å². The van der Waals surface area contributed by atoms with E-state index in [2.05, 4.69) is 36.1 Å². The van der Waals surface area contributed by atoms with Gasteiger partial charge >= 0.3 is 0 Å². The Kier molecular flexibility index (Phi) is 4.40. The molecule has 1 rings (SSSR count). The van der Waals surface area contributed by atoms with Crippen LogP contribution in [-0.4, -0.2) is 18.6 Å². The quantitative estimate of drug-likeness (QED) is 0.586. The third-order valence-electron chi connectivity index (χ3n) is 1.50. The van der Waals surface area contributed by atoms with Crippen LogP contribution in [0.5, 0.6) is 0 Å². The summed E-state index contributed by atoms with van der Waals surface area (Å²) < 4.78 is 2.16. The lowest BCUT2D eigenvalue weighted by atomic mass is 10.3. The van der Waals surface area contributed by atoms with Crippen molar-refractivity contribution >= 4 is 30.3 Å². The SMILES string of the molecule is CN(SCCS)c1ccccc1. The van der Waals surface area contributed by atoms with Crippen molar-refractivity contribution in [2.45, 2.75) is 0 Å². The standard InChI is InChI=1S/C9H13NS2/c1-10(12-8-7-11)9-5-3-2-4-6-9/h2-6,11H,7-8H2,1H3. The zero-order chi connectivity index (χ0) is 8.81. The van der Waals surface area contributed by atoms with E-state index in [0.29, 0.717) is 0 Å². The number of para-hydroxylation sites is 1. The summed E-state index contributed by atoms with van der Waals surface area (Å²) in [5.41, 5.74) is 1.24. The lowest BCUT2D eigenvalue weighted by Gasteiger charge is -2.16. The van der Waals surface area contributed by atoms with Gasteiger partial charge in [0, 0.05) is 24.2 Å². The van der Waals surface area contributed by atoms with Gasteiger partial charge in [-0.2, -0.15) is 12.6 Å². The molecular formula is C9H13NS2. The first-order valence-electron chi connectivity index (χ1n) is 3.87. The highest BCUT2D eigenvalue weighted by Crippen LogP contribution is 2.19. The second-order valence-electron chi connectivity index (χ2n) is 2.39. The third kappa shape index (κ3) is 2.99. The van der Waals surface area contributed by atoms with Crippen molar-refractivity contribution in [1.82, 2.24) is 0 Å². The molecule has 0 atom stereocenters. The van der Waals surface area contributed by atoms with Crippen LogP contribution in [0.25, 0.3) is 0 Å². The van der Waals surface area contributed by atoms with Crippen molar-refractivity contribution in [1.29, 1.82) is 0 Å². The molecule has 0 saturated heterocycles. The average molecular weight is 199 g/mol. The highest BCUT2D eigenvalue weighted by Gasteiger charge is 1.97. The molecule has 0 heterocycles. The zero-order valence-corrected chi connectivity index (χ0v) is 8.81. The van der Waals surface area contributed by atoms with E-state index in [0.717, 1.165) is 11.5 Å². The van der Waals surface area contributed by atoms with Gasteiger partial charge in [0.05, 0.1) is 0 Å². The second-order valence-corrected chi connectivity index (χ2v) is 4.05. The Morgan fingerprint density at radius 1 is 1.33 bits per heavy atom. The van der Waals surface area contributed by atoms with Crippen LogP contribution in [0.2, 0.25) is 0 Å². The van der Waals surface area contributed by atoms with Gasteiger partial charge in [-0.1, -0.05) is 18.2 Å². The zero-order valence-electron chi connectivity index (χ0n) is 7.10. The van der Waals surface area contributed by atoms with Crippen molar-refractivity contribution in [3.63, 3.8) is 0 Å². The fourth-order valence-corrected chi connectivity index (χ4v) is 1.76. The van der Waals surface area contributed by atoms with Gasteiger partial charge in [-0.25, -0.2) is 0 Å². The van der Waals surface area contributed by atoms with Crippen molar-refractivity contribution in [2.24, 2.45) is 0 Å². The molecule has 0 aromatic heterocycles. The molecule has 1 aromatic rings. The molecule has 0 unspecified atom stereocenters. The number of thiol groups is 1. The topological polar surface area (TPSA) is 3.24 Å². The molecule has 0 aliphatic heterocycles. The summed E-state index contributed by atoms with van der Waals surface area (Å²) in [5.74, 6) is 1.97. The van der Waals surface area contributed by atoms with Gasteiger partial charge < -0.3 is 4.31 Å². The molecule has 0 amide bonds. The van der Waals surface area contributed by atoms with Crippen LogP contribution in [0.1, 0.15) is 0 Å². The number of anilines is 1. The van der Waals surface area contributed by atoms with Gasteiger partial charge in [0.25, 0.3) is 0 Å².